The number of hydrogen-bond acceptors (Lipinski definition) is 3. The van der Waals surface area contributed by atoms with Crippen LogP contribution >= 0.6 is 15.9 Å². The maximum atomic E-state index is 12.4. The van der Waals surface area contributed by atoms with Crippen LogP contribution in [0.25, 0.3) is 0 Å². The van der Waals surface area contributed by atoms with Gasteiger partial charge >= 0.3 is 0 Å². The van der Waals surface area contributed by atoms with E-state index in [1.807, 2.05) is 26.0 Å². The van der Waals surface area contributed by atoms with Gasteiger partial charge in [0.05, 0.1) is 11.3 Å². The highest BCUT2D eigenvalue weighted by Crippen LogP contribution is 2.19. The van der Waals surface area contributed by atoms with E-state index in [1.165, 1.54) is 0 Å². The molecule has 5 nitrogen and oxygen atoms in total. The highest BCUT2D eigenvalue weighted by atomic mass is 79.9. The van der Waals surface area contributed by atoms with Crippen LogP contribution < -0.4 is 15.4 Å². The molecule has 26 heavy (non-hydrogen) atoms. The molecule has 0 unspecified atom stereocenters. The van der Waals surface area contributed by atoms with E-state index < -0.39 is 6.10 Å². The van der Waals surface area contributed by atoms with Gasteiger partial charge in [0.2, 0.25) is 0 Å². The second-order valence-corrected chi connectivity index (χ2v) is 7.27. The number of anilines is 1. The van der Waals surface area contributed by atoms with E-state index in [9.17, 15) is 9.59 Å². The van der Waals surface area contributed by atoms with Gasteiger partial charge in [0.25, 0.3) is 11.8 Å². The fraction of sp³-hybridized carbons (Fsp3) is 0.300. The van der Waals surface area contributed by atoms with Crippen LogP contribution in [0.2, 0.25) is 0 Å². The first-order valence-corrected chi connectivity index (χ1v) is 9.26. The average molecular weight is 419 g/mol. The third kappa shape index (κ3) is 5.88. The minimum Gasteiger partial charge on any atom is -0.481 e. The molecule has 6 heteroatoms. The van der Waals surface area contributed by atoms with Crippen molar-refractivity contribution in [3.05, 3.63) is 58.6 Å². The molecule has 0 saturated carbocycles. The monoisotopic (exact) mass is 418 g/mol. The predicted molar refractivity (Wildman–Crippen MR) is 106 cm³/mol. The van der Waals surface area contributed by atoms with E-state index in [2.05, 4.69) is 26.6 Å². The van der Waals surface area contributed by atoms with Crippen LogP contribution in [0.3, 0.4) is 0 Å². The largest absolute Gasteiger partial charge is 0.481 e. The van der Waals surface area contributed by atoms with Gasteiger partial charge < -0.3 is 15.4 Å². The highest BCUT2D eigenvalue weighted by molar-refractivity contribution is 9.10. The number of carbonyl (C=O) groups is 2. The van der Waals surface area contributed by atoms with Gasteiger partial charge in [-0.25, -0.2) is 0 Å². The summed E-state index contributed by atoms with van der Waals surface area (Å²) in [7, 11) is 0. The van der Waals surface area contributed by atoms with Crippen LogP contribution in [-0.4, -0.2) is 24.5 Å². The van der Waals surface area contributed by atoms with Crippen LogP contribution in [-0.2, 0) is 4.79 Å². The fourth-order valence-corrected chi connectivity index (χ4v) is 2.45. The molecular formula is C20H23BrN2O3. The summed E-state index contributed by atoms with van der Waals surface area (Å²) >= 11 is 3.36. The SMILES string of the molecule is CC(C)CNC(=O)c1ccccc1NC(=O)[C@H](C)Oc1ccc(Br)cc1. The van der Waals surface area contributed by atoms with Crippen LogP contribution in [0, 0.1) is 5.92 Å². The predicted octanol–water partition coefficient (Wildman–Crippen LogP) is 4.24. The van der Waals surface area contributed by atoms with Crippen molar-refractivity contribution >= 4 is 33.4 Å². The number of halogens is 1. The molecule has 0 radical (unpaired) electrons. The van der Waals surface area contributed by atoms with Crippen LogP contribution in [0.15, 0.2) is 53.0 Å². The Morgan fingerprint density at radius 2 is 1.69 bits per heavy atom. The van der Waals surface area contributed by atoms with Crippen molar-refractivity contribution in [3.8, 4) is 5.75 Å². The Bertz CT molecular complexity index is 760. The van der Waals surface area contributed by atoms with E-state index in [0.717, 1.165) is 4.47 Å². The number of hydrogen-bond donors (Lipinski definition) is 2. The summed E-state index contributed by atoms with van der Waals surface area (Å²) in [6.45, 7) is 6.28. The smallest absolute Gasteiger partial charge is 0.265 e. The number of nitrogens with one attached hydrogen (secondary N) is 2. The van der Waals surface area contributed by atoms with Gasteiger partial charge in [0, 0.05) is 11.0 Å². The lowest BCUT2D eigenvalue weighted by molar-refractivity contribution is -0.122. The molecule has 0 fully saturated rings. The average Bonchev–Trinajstić information content (AvgIpc) is 2.62. The minimum atomic E-state index is -0.706. The van der Waals surface area contributed by atoms with Gasteiger partial charge in [-0.3, -0.25) is 9.59 Å². The maximum Gasteiger partial charge on any atom is 0.265 e. The summed E-state index contributed by atoms with van der Waals surface area (Å²) < 4.78 is 6.58. The molecule has 0 bridgehead atoms. The zero-order chi connectivity index (χ0) is 19.1. The van der Waals surface area contributed by atoms with Crippen molar-refractivity contribution in [1.82, 2.24) is 5.32 Å². The Hall–Kier alpha value is -2.34. The summed E-state index contributed by atoms with van der Waals surface area (Å²) in [5.41, 5.74) is 0.891. The second-order valence-electron chi connectivity index (χ2n) is 6.35. The summed E-state index contributed by atoms with van der Waals surface area (Å²) in [6.07, 6.45) is -0.706. The van der Waals surface area contributed by atoms with Crippen molar-refractivity contribution in [2.24, 2.45) is 5.92 Å². The first-order chi connectivity index (χ1) is 12.4. The molecule has 0 aliphatic rings. The van der Waals surface area contributed by atoms with Gasteiger partial charge in [-0.15, -0.1) is 0 Å². The molecule has 0 heterocycles. The van der Waals surface area contributed by atoms with Crippen molar-refractivity contribution < 1.29 is 14.3 Å². The summed E-state index contributed by atoms with van der Waals surface area (Å²) in [5.74, 6) is 0.409. The lowest BCUT2D eigenvalue weighted by atomic mass is 10.1. The Balaban J connectivity index is 2.04. The van der Waals surface area contributed by atoms with Gasteiger partial charge in [0.1, 0.15) is 5.75 Å². The molecular weight excluding hydrogens is 396 g/mol. The number of benzene rings is 2. The van der Waals surface area contributed by atoms with Gasteiger partial charge in [-0.05, 0) is 49.2 Å². The van der Waals surface area contributed by atoms with Crippen molar-refractivity contribution in [2.75, 3.05) is 11.9 Å². The van der Waals surface area contributed by atoms with E-state index in [0.29, 0.717) is 29.5 Å². The Kier molecular flexibility index (Phi) is 7.21. The molecule has 138 valence electrons. The Morgan fingerprint density at radius 1 is 1.04 bits per heavy atom. The first kappa shape index (κ1) is 20.0. The molecule has 0 aromatic heterocycles. The van der Waals surface area contributed by atoms with Crippen molar-refractivity contribution in [3.63, 3.8) is 0 Å². The van der Waals surface area contributed by atoms with Gasteiger partial charge in [-0.1, -0.05) is 41.9 Å². The molecule has 2 aromatic carbocycles. The third-order valence-electron chi connectivity index (χ3n) is 3.60. The summed E-state index contributed by atoms with van der Waals surface area (Å²) in [6, 6.07) is 14.2. The molecule has 2 aromatic rings. The molecule has 0 aliphatic carbocycles. The maximum absolute atomic E-state index is 12.4. The topological polar surface area (TPSA) is 67.4 Å². The summed E-state index contributed by atoms with van der Waals surface area (Å²) in [4.78, 5) is 24.8. The quantitative estimate of drug-likeness (QED) is 0.706. The Labute approximate surface area is 162 Å². The number of rotatable bonds is 7. The lowest BCUT2D eigenvalue weighted by Gasteiger charge is -2.17. The number of amides is 2. The number of ether oxygens (including phenoxy) is 1. The molecule has 0 saturated heterocycles. The minimum absolute atomic E-state index is 0.212. The second kappa shape index (κ2) is 9.38. The van der Waals surface area contributed by atoms with E-state index in [1.54, 1.807) is 43.3 Å². The van der Waals surface area contributed by atoms with Crippen molar-refractivity contribution in [1.29, 1.82) is 0 Å². The number of carbonyl (C=O) groups excluding carboxylic acids is 2. The van der Waals surface area contributed by atoms with Crippen LogP contribution in [0.4, 0.5) is 5.69 Å². The van der Waals surface area contributed by atoms with Crippen LogP contribution in [0.1, 0.15) is 31.1 Å². The van der Waals surface area contributed by atoms with E-state index in [4.69, 9.17) is 4.74 Å². The molecule has 0 spiro atoms. The van der Waals surface area contributed by atoms with Crippen molar-refractivity contribution in [2.45, 2.75) is 26.9 Å². The molecule has 0 aliphatic heterocycles. The third-order valence-corrected chi connectivity index (χ3v) is 4.12. The van der Waals surface area contributed by atoms with E-state index >= 15 is 0 Å². The number of para-hydroxylation sites is 1. The van der Waals surface area contributed by atoms with E-state index in [-0.39, 0.29) is 11.8 Å². The van der Waals surface area contributed by atoms with Crippen LogP contribution in [0.5, 0.6) is 5.75 Å². The highest BCUT2D eigenvalue weighted by Gasteiger charge is 2.18. The standard InChI is InChI=1S/C20H23BrN2O3/c1-13(2)12-22-20(25)17-6-4-5-7-18(17)23-19(24)14(3)26-16-10-8-15(21)9-11-16/h4-11,13-14H,12H2,1-3H3,(H,22,25)(H,23,24)/t14-/m0/s1. The zero-order valence-corrected chi connectivity index (χ0v) is 16.7. The molecule has 1 atom stereocenters. The first-order valence-electron chi connectivity index (χ1n) is 8.47. The molecule has 2 rings (SSSR count). The fourth-order valence-electron chi connectivity index (χ4n) is 2.19. The Morgan fingerprint density at radius 3 is 2.35 bits per heavy atom. The normalized spacial score (nSPS) is 11.7. The zero-order valence-electron chi connectivity index (χ0n) is 15.1. The van der Waals surface area contributed by atoms with Gasteiger partial charge in [-0.2, -0.15) is 0 Å². The molecule has 2 amide bonds. The molecule has 2 N–H and O–H groups in total. The lowest BCUT2D eigenvalue weighted by Crippen LogP contribution is -2.32. The van der Waals surface area contributed by atoms with Gasteiger partial charge in [0.15, 0.2) is 6.10 Å². The summed E-state index contributed by atoms with van der Waals surface area (Å²) in [5, 5.41) is 5.64.